The van der Waals surface area contributed by atoms with Gasteiger partial charge in [0.25, 0.3) is 11.5 Å². The van der Waals surface area contributed by atoms with Crippen LogP contribution >= 0.6 is 11.6 Å². The van der Waals surface area contributed by atoms with E-state index in [-0.39, 0.29) is 43.0 Å². The lowest BCUT2D eigenvalue weighted by molar-refractivity contribution is -0.139. The topological polar surface area (TPSA) is 131 Å². The van der Waals surface area contributed by atoms with Crippen molar-refractivity contribution in [3.05, 3.63) is 50.1 Å². The van der Waals surface area contributed by atoms with Gasteiger partial charge in [-0.1, -0.05) is 39.3 Å². The number of ether oxygens (including phenoxy) is 1. The summed E-state index contributed by atoms with van der Waals surface area (Å²) in [6, 6.07) is 6.57. The first-order valence-corrected chi connectivity index (χ1v) is 11.8. The molecule has 0 saturated carbocycles. The fraction of sp³-hybridized carbons (Fsp3) is 0.500. The number of H-pyrrole nitrogens is 1. The van der Waals surface area contributed by atoms with Crippen molar-refractivity contribution in [1.82, 2.24) is 14.5 Å². The van der Waals surface area contributed by atoms with E-state index in [0.29, 0.717) is 10.8 Å². The van der Waals surface area contributed by atoms with Crippen molar-refractivity contribution in [2.75, 3.05) is 30.8 Å². The molecule has 0 aliphatic heterocycles. The van der Waals surface area contributed by atoms with Crippen LogP contribution in [0.4, 0.5) is 11.5 Å². The summed E-state index contributed by atoms with van der Waals surface area (Å²) in [4.78, 5) is 55.9. The van der Waals surface area contributed by atoms with Gasteiger partial charge in [-0.3, -0.25) is 23.9 Å². The average molecular weight is 508 g/mol. The van der Waals surface area contributed by atoms with Crippen LogP contribution in [0, 0.1) is 11.8 Å². The van der Waals surface area contributed by atoms with Crippen LogP contribution in [0.15, 0.2) is 33.9 Å². The second kappa shape index (κ2) is 11.9. The maximum atomic E-state index is 13.3. The standard InChI is InChI=1S/C24H34ClN5O5/c1-14(2)11-29(20-21(26)30(12-15(3)4)24(34)27-22(20)32)19(31)13-28(6)23(33)16(5)35-18-9-7-17(25)8-10-18/h7-10,14-16H,11-13,26H2,1-6H3,(H,27,32,34)/t16-/m1/s1. The van der Waals surface area contributed by atoms with Crippen molar-refractivity contribution >= 4 is 34.9 Å². The third-order valence-corrected chi connectivity index (χ3v) is 5.36. The molecule has 2 amide bonds. The Morgan fingerprint density at radius 1 is 1.09 bits per heavy atom. The predicted molar refractivity (Wildman–Crippen MR) is 137 cm³/mol. The van der Waals surface area contributed by atoms with Crippen LogP contribution in [0.5, 0.6) is 5.75 Å². The highest BCUT2D eigenvalue weighted by atomic mass is 35.5. The number of hydrogen-bond acceptors (Lipinski definition) is 6. The number of benzene rings is 1. The Labute approximate surface area is 209 Å². The first-order valence-electron chi connectivity index (χ1n) is 11.4. The highest BCUT2D eigenvalue weighted by molar-refractivity contribution is 6.30. The van der Waals surface area contributed by atoms with Gasteiger partial charge in [0.2, 0.25) is 5.91 Å². The third-order valence-electron chi connectivity index (χ3n) is 5.10. The summed E-state index contributed by atoms with van der Waals surface area (Å²) in [5, 5.41) is 0.540. The van der Waals surface area contributed by atoms with Gasteiger partial charge in [0.15, 0.2) is 11.8 Å². The van der Waals surface area contributed by atoms with E-state index >= 15 is 0 Å². The minimum atomic E-state index is -0.867. The second-order valence-electron chi connectivity index (χ2n) is 9.30. The first-order chi connectivity index (χ1) is 16.3. The molecule has 2 aromatic rings. The van der Waals surface area contributed by atoms with Crippen molar-refractivity contribution in [2.24, 2.45) is 11.8 Å². The van der Waals surface area contributed by atoms with Gasteiger partial charge in [-0.15, -0.1) is 0 Å². The molecule has 0 bridgehead atoms. The summed E-state index contributed by atoms with van der Waals surface area (Å²) in [7, 11) is 1.47. The lowest BCUT2D eigenvalue weighted by Gasteiger charge is -2.29. The van der Waals surface area contributed by atoms with Crippen molar-refractivity contribution in [3.8, 4) is 5.75 Å². The van der Waals surface area contributed by atoms with Crippen LogP contribution in [0.3, 0.4) is 0 Å². The summed E-state index contributed by atoms with van der Waals surface area (Å²) in [6.45, 7) is 9.28. The molecule has 0 unspecified atom stereocenters. The maximum Gasteiger partial charge on any atom is 0.330 e. The van der Waals surface area contributed by atoms with E-state index in [2.05, 4.69) is 4.98 Å². The molecule has 35 heavy (non-hydrogen) atoms. The highest BCUT2D eigenvalue weighted by Crippen LogP contribution is 2.20. The van der Waals surface area contributed by atoms with E-state index in [1.807, 2.05) is 27.7 Å². The van der Waals surface area contributed by atoms with Gasteiger partial charge in [0.1, 0.15) is 11.6 Å². The smallest absolute Gasteiger partial charge is 0.330 e. The summed E-state index contributed by atoms with van der Waals surface area (Å²) in [6.07, 6.45) is -0.867. The Balaban J connectivity index is 2.29. The molecule has 2 rings (SSSR count). The molecule has 0 aliphatic carbocycles. The summed E-state index contributed by atoms with van der Waals surface area (Å²) in [5.74, 6) is -0.507. The van der Waals surface area contributed by atoms with Gasteiger partial charge in [-0.2, -0.15) is 0 Å². The van der Waals surface area contributed by atoms with Crippen molar-refractivity contribution in [2.45, 2.75) is 47.3 Å². The Morgan fingerprint density at radius 2 is 1.69 bits per heavy atom. The number of amides is 2. The maximum absolute atomic E-state index is 13.3. The molecule has 11 heteroatoms. The third kappa shape index (κ3) is 7.35. The number of nitrogens with one attached hydrogen (secondary N) is 1. The molecule has 0 radical (unpaired) electrons. The number of carbonyl (C=O) groups excluding carboxylic acids is 2. The Kier molecular flexibility index (Phi) is 9.53. The summed E-state index contributed by atoms with van der Waals surface area (Å²) >= 11 is 5.87. The number of anilines is 2. The number of halogens is 1. The van der Waals surface area contributed by atoms with Crippen LogP contribution in [0.1, 0.15) is 34.6 Å². The Morgan fingerprint density at radius 3 is 2.23 bits per heavy atom. The van der Waals surface area contributed by atoms with Gasteiger partial charge in [-0.05, 0) is 43.0 Å². The molecule has 0 fully saturated rings. The first kappa shape index (κ1) is 28.0. The van der Waals surface area contributed by atoms with Gasteiger partial charge < -0.3 is 20.3 Å². The number of likely N-dealkylation sites (N-methyl/N-ethyl adjacent to an activating group) is 1. The van der Waals surface area contributed by atoms with E-state index < -0.39 is 29.2 Å². The Hall–Kier alpha value is -3.27. The van der Waals surface area contributed by atoms with Gasteiger partial charge in [0, 0.05) is 25.2 Å². The van der Waals surface area contributed by atoms with Crippen molar-refractivity contribution < 1.29 is 14.3 Å². The number of aromatic amines is 1. The number of aromatic nitrogens is 2. The number of nitrogen functional groups attached to an aromatic ring is 1. The average Bonchev–Trinajstić information content (AvgIpc) is 2.76. The molecular weight excluding hydrogens is 474 g/mol. The van der Waals surface area contributed by atoms with Crippen LogP contribution in [0.25, 0.3) is 0 Å². The molecule has 1 atom stereocenters. The van der Waals surface area contributed by atoms with Crippen LogP contribution < -0.4 is 26.6 Å². The molecule has 3 N–H and O–H groups in total. The number of hydrogen-bond donors (Lipinski definition) is 2. The molecule has 1 heterocycles. The molecule has 0 aliphatic rings. The van der Waals surface area contributed by atoms with Crippen LogP contribution in [-0.2, 0) is 16.1 Å². The highest BCUT2D eigenvalue weighted by Gasteiger charge is 2.28. The number of carbonyl (C=O) groups is 2. The summed E-state index contributed by atoms with van der Waals surface area (Å²) < 4.78 is 6.91. The van der Waals surface area contributed by atoms with E-state index in [4.69, 9.17) is 22.1 Å². The van der Waals surface area contributed by atoms with Crippen molar-refractivity contribution in [3.63, 3.8) is 0 Å². The molecule has 192 valence electrons. The van der Waals surface area contributed by atoms with E-state index in [0.717, 1.165) is 0 Å². The zero-order valence-electron chi connectivity index (χ0n) is 21.0. The van der Waals surface area contributed by atoms with Crippen molar-refractivity contribution in [1.29, 1.82) is 0 Å². The van der Waals surface area contributed by atoms with Crippen LogP contribution in [-0.4, -0.2) is 52.5 Å². The Bertz CT molecular complexity index is 1160. The monoisotopic (exact) mass is 507 g/mol. The van der Waals surface area contributed by atoms with Gasteiger partial charge >= 0.3 is 5.69 Å². The predicted octanol–water partition coefficient (Wildman–Crippen LogP) is 2.34. The SMILES string of the molecule is CC(C)CN(C(=O)CN(C)C(=O)[C@@H](C)Oc1ccc(Cl)cc1)c1c(N)n(CC(C)C)c(=O)[nH]c1=O. The molecule has 0 spiro atoms. The largest absolute Gasteiger partial charge is 0.481 e. The zero-order valence-corrected chi connectivity index (χ0v) is 21.8. The van der Waals surface area contributed by atoms with E-state index in [9.17, 15) is 19.2 Å². The normalized spacial score (nSPS) is 12.0. The fourth-order valence-corrected chi connectivity index (χ4v) is 3.64. The molecule has 10 nitrogen and oxygen atoms in total. The molecule has 1 aromatic carbocycles. The van der Waals surface area contributed by atoms with E-state index in [1.165, 1.54) is 21.4 Å². The lowest BCUT2D eigenvalue weighted by atomic mass is 10.2. The number of nitrogens with zero attached hydrogens (tertiary/aromatic N) is 3. The quantitative estimate of drug-likeness (QED) is 0.507. The van der Waals surface area contributed by atoms with Gasteiger partial charge in [0.05, 0.1) is 6.54 Å². The second-order valence-corrected chi connectivity index (χ2v) is 9.74. The van der Waals surface area contributed by atoms with E-state index in [1.54, 1.807) is 31.2 Å². The minimum absolute atomic E-state index is 0.0172. The number of nitrogens with two attached hydrogens (primary N) is 1. The number of rotatable bonds is 10. The molecular formula is C24H34ClN5O5. The lowest BCUT2D eigenvalue weighted by Crippen LogP contribution is -2.48. The zero-order chi connectivity index (χ0) is 26.4. The van der Waals surface area contributed by atoms with Crippen LogP contribution in [0.2, 0.25) is 5.02 Å². The molecule has 0 saturated heterocycles. The van der Waals surface area contributed by atoms with Gasteiger partial charge in [-0.25, -0.2) is 4.79 Å². The molecule has 1 aromatic heterocycles. The summed E-state index contributed by atoms with van der Waals surface area (Å²) in [5.41, 5.74) is 4.73. The fourth-order valence-electron chi connectivity index (χ4n) is 3.51. The minimum Gasteiger partial charge on any atom is -0.481 e.